The first kappa shape index (κ1) is 11.9. The smallest absolute Gasteiger partial charge is 0.0644 e. The molecule has 3 heteroatoms. The summed E-state index contributed by atoms with van der Waals surface area (Å²) in [6.45, 7) is 2.00. The van der Waals surface area contributed by atoms with Gasteiger partial charge in [-0.05, 0) is 23.3 Å². The Kier molecular flexibility index (Phi) is 2.84. The van der Waals surface area contributed by atoms with Gasteiger partial charge < -0.3 is 5.73 Å². The van der Waals surface area contributed by atoms with E-state index in [9.17, 15) is 0 Å². The lowest BCUT2D eigenvalue weighted by molar-refractivity contribution is 0.756. The number of nitrogens with zero attached hydrogens (tertiary/aromatic N) is 2. The van der Waals surface area contributed by atoms with E-state index in [2.05, 4.69) is 41.5 Å². The zero-order chi connectivity index (χ0) is 13.4. The molecule has 2 aromatic carbocycles. The Morgan fingerprint density at radius 1 is 1.05 bits per heavy atom. The second-order valence-electron chi connectivity index (χ2n) is 4.89. The van der Waals surface area contributed by atoms with Crippen molar-refractivity contribution < 1.29 is 0 Å². The summed E-state index contributed by atoms with van der Waals surface area (Å²) in [5.74, 6) is 0. The molecule has 3 nitrogen and oxygen atoms in total. The van der Waals surface area contributed by atoms with Gasteiger partial charge in [-0.15, -0.1) is 0 Å². The first-order chi connectivity index (χ1) is 9.16. The van der Waals surface area contributed by atoms with E-state index in [0.717, 1.165) is 16.8 Å². The van der Waals surface area contributed by atoms with Crippen LogP contribution < -0.4 is 5.73 Å². The van der Waals surface area contributed by atoms with Crippen molar-refractivity contribution in [2.45, 2.75) is 13.0 Å². The normalized spacial score (nSPS) is 12.8. The molecule has 96 valence electrons. The summed E-state index contributed by atoms with van der Waals surface area (Å²) in [5, 5.41) is 6.80. The highest BCUT2D eigenvalue weighted by Gasteiger charge is 2.16. The molecule has 0 aliphatic heterocycles. The van der Waals surface area contributed by atoms with Crippen molar-refractivity contribution in [3.63, 3.8) is 0 Å². The number of nitrogens with two attached hydrogens (primary N) is 1. The topological polar surface area (TPSA) is 43.8 Å². The fourth-order valence-corrected chi connectivity index (χ4v) is 2.61. The average molecular weight is 251 g/mol. The highest BCUT2D eigenvalue weighted by molar-refractivity contribution is 5.86. The van der Waals surface area contributed by atoms with Crippen LogP contribution in [0.3, 0.4) is 0 Å². The Hall–Kier alpha value is -2.13. The molecular formula is C16H17N3. The molecule has 3 aromatic rings. The third kappa shape index (κ3) is 2.02. The number of rotatable bonds is 2. The quantitative estimate of drug-likeness (QED) is 0.761. The van der Waals surface area contributed by atoms with Crippen LogP contribution in [0.4, 0.5) is 0 Å². The minimum absolute atomic E-state index is 0.139. The monoisotopic (exact) mass is 251 g/mol. The minimum Gasteiger partial charge on any atom is -0.320 e. The Morgan fingerprint density at radius 3 is 2.53 bits per heavy atom. The summed E-state index contributed by atoms with van der Waals surface area (Å²) in [6.07, 6.45) is 2.00. The van der Waals surface area contributed by atoms with E-state index in [1.165, 1.54) is 10.8 Å². The number of hydrogen-bond acceptors (Lipinski definition) is 2. The van der Waals surface area contributed by atoms with E-state index in [0.29, 0.717) is 0 Å². The van der Waals surface area contributed by atoms with E-state index in [4.69, 9.17) is 5.73 Å². The van der Waals surface area contributed by atoms with Crippen LogP contribution in [0.2, 0.25) is 0 Å². The Bertz CT molecular complexity index is 722. The zero-order valence-corrected chi connectivity index (χ0v) is 11.2. The SMILES string of the molecule is Cc1nn(C)cc1C(N)c1cccc2ccccc12. The third-order valence-corrected chi connectivity index (χ3v) is 3.54. The lowest BCUT2D eigenvalue weighted by Gasteiger charge is -2.14. The highest BCUT2D eigenvalue weighted by Crippen LogP contribution is 2.28. The van der Waals surface area contributed by atoms with E-state index in [1.54, 1.807) is 0 Å². The molecule has 0 saturated carbocycles. The van der Waals surface area contributed by atoms with Crippen LogP contribution in [0.25, 0.3) is 10.8 Å². The van der Waals surface area contributed by atoms with Gasteiger partial charge in [0.05, 0.1) is 11.7 Å². The molecular weight excluding hydrogens is 234 g/mol. The van der Waals surface area contributed by atoms with Crippen LogP contribution in [0.5, 0.6) is 0 Å². The standard InChI is InChI=1S/C16H17N3/c1-11-15(10-19(2)18-11)16(17)14-9-5-7-12-6-3-4-8-13(12)14/h3-10,16H,17H2,1-2H3. The predicted octanol–water partition coefficient (Wildman–Crippen LogP) is 2.93. The highest BCUT2D eigenvalue weighted by atomic mass is 15.2. The van der Waals surface area contributed by atoms with Crippen LogP contribution in [-0.2, 0) is 7.05 Å². The maximum Gasteiger partial charge on any atom is 0.0644 e. The van der Waals surface area contributed by atoms with Gasteiger partial charge in [0.25, 0.3) is 0 Å². The molecule has 0 amide bonds. The molecule has 0 saturated heterocycles. The molecule has 0 radical (unpaired) electrons. The molecule has 0 spiro atoms. The maximum absolute atomic E-state index is 6.44. The summed E-state index contributed by atoms with van der Waals surface area (Å²) in [4.78, 5) is 0. The summed E-state index contributed by atoms with van der Waals surface area (Å²) >= 11 is 0. The molecule has 3 rings (SSSR count). The average Bonchev–Trinajstić information content (AvgIpc) is 2.76. The van der Waals surface area contributed by atoms with Gasteiger partial charge in [-0.25, -0.2) is 0 Å². The molecule has 0 fully saturated rings. The summed E-state index contributed by atoms with van der Waals surface area (Å²) in [6, 6.07) is 14.5. The molecule has 1 heterocycles. The number of fused-ring (bicyclic) bond motifs is 1. The van der Waals surface area contributed by atoms with Crippen molar-refractivity contribution in [2.75, 3.05) is 0 Å². The van der Waals surface area contributed by atoms with Crippen molar-refractivity contribution in [2.24, 2.45) is 12.8 Å². The Morgan fingerprint density at radius 2 is 1.79 bits per heavy atom. The van der Waals surface area contributed by atoms with E-state index >= 15 is 0 Å². The first-order valence-corrected chi connectivity index (χ1v) is 6.40. The number of hydrogen-bond donors (Lipinski definition) is 1. The molecule has 1 aromatic heterocycles. The zero-order valence-electron chi connectivity index (χ0n) is 11.2. The molecule has 1 atom stereocenters. The fourth-order valence-electron chi connectivity index (χ4n) is 2.61. The van der Waals surface area contributed by atoms with Crippen molar-refractivity contribution in [3.8, 4) is 0 Å². The van der Waals surface area contributed by atoms with E-state index < -0.39 is 0 Å². The van der Waals surface area contributed by atoms with Gasteiger partial charge in [-0.3, -0.25) is 4.68 Å². The lowest BCUT2D eigenvalue weighted by Crippen LogP contribution is -2.12. The van der Waals surface area contributed by atoms with Crippen molar-refractivity contribution in [1.29, 1.82) is 0 Å². The van der Waals surface area contributed by atoms with Crippen LogP contribution in [0, 0.1) is 6.92 Å². The summed E-state index contributed by atoms with van der Waals surface area (Å²) in [5.41, 5.74) is 9.66. The molecule has 0 aliphatic carbocycles. The largest absolute Gasteiger partial charge is 0.320 e. The Balaban J connectivity index is 2.16. The second-order valence-corrected chi connectivity index (χ2v) is 4.89. The second kappa shape index (κ2) is 4.52. The lowest BCUT2D eigenvalue weighted by atomic mass is 9.95. The van der Waals surface area contributed by atoms with E-state index in [1.807, 2.05) is 30.9 Å². The summed E-state index contributed by atoms with van der Waals surface area (Å²) in [7, 11) is 1.92. The van der Waals surface area contributed by atoms with Crippen LogP contribution in [0.1, 0.15) is 22.9 Å². The third-order valence-electron chi connectivity index (χ3n) is 3.54. The molecule has 2 N–H and O–H groups in total. The number of benzene rings is 2. The van der Waals surface area contributed by atoms with Gasteiger partial charge in [0.2, 0.25) is 0 Å². The molecule has 0 aliphatic rings. The van der Waals surface area contributed by atoms with Gasteiger partial charge in [0, 0.05) is 18.8 Å². The molecule has 0 bridgehead atoms. The van der Waals surface area contributed by atoms with Crippen molar-refractivity contribution in [3.05, 3.63) is 65.5 Å². The van der Waals surface area contributed by atoms with Gasteiger partial charge in [0.1, 0.15) is 0 Å². The number of aryl methyl sites for hydroxylation is 2. The number of aromatic nitrogens is 2. The van der Waals surface area contributed by atoms with Crippen LogP contribution in [-0.4, -0.2) is 9.78 Å². The fraction of sp³-hybridized carbons (Fsp3) is 0.188. The predicted molar refractivity (Wildman–Crippen MR) is 77.9 cm³/mol. The molecule has 1 unspecified atom stereocenters. The van der Waals surface area contributed by atoms with Gasteiger partial charge in [0.15, 0.2) is 0 Å². The van der Waals surface area contributed by atoms with E-state index in [-0.39, 0.29) is 6.04 Å². The van der Waals surface area contributed by atoms with Gasteiger partial charge >= 0.3 is 0 Å². The summed E-state index contributed by atoms with van der Waals surface area (Å²) < 4.78 is 1.82. The van der Waals surface area contributed by atoms with Gasteiger partial charge in [-0.1, -0.05) is 42.5 Å². The van der Waals surface area contributed by atoms with Crippen LogP contribution in [0.15, 0.2) is 48.7 Å². The maximum atomic E-state index is 6.44. The first-order valence-electron chi connectivity index (χ1n) is 6.40. The Labute approximate surface area is 112 Å². The molecule has 19 heavy (non-hydrogen) atoms. The minimum atomic E-state index is -0.139. The van der Waals surface area contributed by atoms with Crippen molar-refractivity contribution in [1.82, 2.24) is 9.78 Å². The van der Waals surface area contributed by atoms with Crippen molar-refractivity contribution >= 4 is 10.8 Å². The van der Waals surface area contributed by atoms with Gasteiger partial charge in [-0.2, -0.15) is 5.10 Å². The van der Waals surface area contributed by atoms with Crippen LogP contribution >= 0.6 is 0 Å².